The van der Waals surface area contributed by atoms with E-state index in [2.05, 4.69) is 15.3 Å². The first-order valence-electron chi connectivity index (χ1n) is 7.62. The summed E-state index contributed by atoms with van der Waals surface area (Å²) in [6.07, 6.45) is 0.310. The minimum absolute atomic E-state index is 0.0935. The van der Waals surface area contributed by atoms with Gasteiger partial charge < -0.3 is 10.3 Å². The third kappa shape index (κ3) is 3.95. The summed E-state index contributed by atoms with van der Waals surface area (Å²) < 4.78 is 0. The molecule has 0 unspecified atom stereocenters. The summed E-state index contributed by atoms with van der Waals surface area (Å²) >= 11 is 0. The van der Waals surface area contributed by atoms with Gasteiger partial charge in [0.05, 0.1) is 6.42 Å². The number of rotatable bonds is 4. The van der Waals surface area contributed by atoms with E-state index in [0.717, 1.165) is 11.1 Å². The van der Waals surface area contributed by atoms with E-state index in [0.29, 0.717) is 23.6 Å². The first-order chi connectivity index (χ1) is 11.6. The quantitative estimate of drug-likeness (QED) is 0.776. The second-order valence-electron chi connectivity index (χ2n) is 5.53. The highest BCUT2D eigenvalue weighted by Crippen LogP contribution is 2.19. The highest BCUT2D eigenvalue weighted by atomic mass is 16.1. The summed E-state index contributed by atoms with van der Waals surface area (Å²) in [7, 11) is 0. The Morgan fingerprint density at radius 3 is 2.62 bits per heavy atom. The molecule has 0 bridgehead atoms. The molecule has 0 spiro atoms. The summed E-state index contributed by atoms with van der Waals surface area (Å²) in [5.74, 6) is 0.392. The van der Waals surface area contributed by atoms with Crippen LogP contribution in [0.4, 0.5) is 5.69 Å². The molecule has 0 aliphatic heterocycles. The summed E-state index contributed by atoms with van der Waals surface area (Å²) in [6.45, 7) is 1.77. The molecule has 1 amide bonds. The molecule has 2 N–H and O–H groups in total. The van der Waals surface area contributed by atoms with Gasteiger partial charge in [-0.1, -0.05) is 42.5 Å². The molecule has 0 atom stereocenters. The number of aromatic nitrogens is 2. The number of aromatic amines is 1. The second kappa shape index (κ2) is 6.91. The van der Waals surface area contributed by atoms with Gasteiger partial charge in [-0.3, -0.25) is 9.59 Å². The van der Waals surface area contributed by atoms with Crippen LogP contribution in [0, 0.1) is 6.92 Å². The minimum atomic E-state index is -0.198. The van der Waals surface area contributed by atoms with Crippen LogP contribution in [0.25, 0.3) is 11.4 Å². The van der Waals surface area contributed by atoms with Crippen molar-refractivity contribution < 1.29 is 4.79 Å². The van der Waals surface area contributed by atoms with Crippen molar-refractivity contribution in [3.63, 3.8) is 0 Å². The molecule has 2 aromatic carbocycles. The van der Waals surface area contributed by atoms with Crippen LogP contribution in [0.3, 0.4) is 0 Å². The van der Waals surface area contributed by atoms with Gasteiger partial charge in [0, 0.05) is 23.0 Å². The molecule has 0 aliphatic rings. The molecule has 3 rings (SSSR count). The first kappa shape index (κ1) is 15.7. The SMILES string of the molecule is Cc1cc(=O)[nH]c(-c2cccc(NC(=O)Cc3ccccc3)c2)n1. The van der Waals surface area contributed by atoms with Gasteiger partial charge in [-0.05, 0) is 24.6 Å². The number of hydrogen-bond acceptors (Lipinski definition) is 3. The molecule has 1 aromatic heterocycles. The molecular formula is C19H17N3O2. The molecule has 0 radical (unpaired) electrons. The number of nitrogens with zero attached hydrogens (tertiary/aromatic N) is 1. The van der Waals surface area contributed by atoms with E-state index < -0.39 is 0 Å². The van der Waals surface area contributed by atoms with Crippen molar-refractivity contribution in [3.05, 3.63) is 82.3 Å². The maximum absolute atomic E-state index is 12.2. The zero-order valence-corrected chi connectivity index (χ0v) is 13.2. The molecule has 0 saturated carbocycles. The third-order valence-corrected chi connectivity index (χ3v) is 3.50. The Morgan fingerprint density at radius 1 is 1.08 bits per heavy atom. The molecule has 24 heavy (non-hydrogen) atoms. The predicted molar refractivity (Wildman–Crippen MR) is 93.8 cm³/mol. The lowest BCUT2D eigenvalue weighted by Gasteiger charge is -2.08. The number of carbonyl (C=O) groups excluding carboxylic acids is 1. The van der Waals surface area contributed by atoms with Gasteiger partial charge in [-0.25, -0.2) is 4.98 Å². The highest BCUT2D eigenvalue weighted by molar-refractivity contribution is 5.92. The van der Waals surface area contributed by atoms with Crippen molar-refractivity contribution in [3.8, 4) is 11.4 Å². The normalized spacial score (nSPS) is 10.4. The van der Waals surface area contributed by atoms with Crippen LogP contribution in [0.1, 0.15) is 11.3 Å². The van der Waals surface area contributed by atoms with Gasteiger partial charge in [0.2, 0.25) is 5.91 Å². The first-order valence-corrected chi connectivity index (χ1v) is 7.62. The van der Waals surface area contributed by atoms with Crippen molar-refractivity contribution in [1.29, 1.82) is 0 Å². The lowest BCUT2D eigenvalue weighted by atomic mass is 10.1. The van der Waals surface area contributed by atoms with E-state index >= 15 is 0 Å². The van der Waals surface area contributed by atoms with Gasteiger partial charge in [0.1, 0.15) is 5.82 Å². The summed E-state index contributed by atoms with van der Waals surface area (Å²) in [5, 5.41) is 2.87. The Labute approximate surface area is 139 Å². The summed E-state index contributed by atoms with van der Waals surface area (Å²) in [6, 6.07) is 18.2. The molecular weight excluding hydrogens is 302 g/mol. The van der Waals surface area contributed by atoms with E-state index in [-0.39, 0.29) is 11.5 Å². The van der Waals surface area contributed by atoms with Crippen LogP contribution in [0.5, 0.6) is 0 Å². The van der Waals surface area contributed by atoms with Crippen molar-refractivity contribution >= 4 is 11.6 Å². The Morgan fingerprint density at radius 2 is 1.88 bits per heavy atom. The number of H-pyrrole nitrogens is 1. The van der Waals surface area contributed by atoms with Crippen molar-refractivity contribution in [1.82, 2.24) is 9.97 Å². The number of benzene rings is 2. The van der Waals surface area contributed by atoms with E-state index in [1.165, 1.54) is 6.07 Å². The Kier molecular flexibility index (Phi) is 4.52. The lowest BCUT2D eigenvalue weighted by Crippen LogP contribution is -2.14. The zero-order valence-electron chi connectivity index (χ0n) is 13.2. The van der Waals surface area contributed by atoms with Gasteiger partial charge in [-0.2, -0.15) is 0 Å². The van der Waals surface area contributed by atoms with Gasteiger partial charge in [0.25, 0.3) is 5.56 Å². The van der Waals surface area contributed by atoms with Crippen LogP contribution in [-0.4, -0.2) is 15.9 Å². The zero-order chi connectivity index (χ0) is 16.9. The number of nitrogens with one attached hydrogen (secondary N) is 2. The molecule has 0 fully saturated rings. The minimum Gasteiger partial charge on any atom is -0.326 e. The van der Waals surface area contributed by atoms with Crippen LogP contribution < -0.4 is 10.9 Å². The number of aryl methyl sites for hydroxylation is 1. The molecule has 5 heteroatoms. The Bertz CT molecular complexity index is 917. The van der Waals surface area contributed by atoms with E-state index in [1.54, 1.807) is 19.1 Å². The predicted octanol–water partition coefficient (Wildman–Crippen LogP) is 2.93. The van der Waals surface area contributed by atoms with E-state index in [4.69, 9.17) is 0 Å². The summed E-state index contributed by atoms with van der Waals surface area (Å²) in [4.78, 5) is 30.8. The average Bonchev–Trinajstić information content (AvgIpc) is 2.55. The summed E-state index contributed by atoms with van der Waals surface area (Å²) in [5.41, 5.74) is 2.81. The van der Waals surface area contributed by atoms with Crippen LogP contribution in [0.15, 0.2) is 65.5 Å². The van der Waals surface area contributed by atoms with Gasteiger partial charge in [-0.15, -0.1) is 0 Å². The topological polar surface area (TPSA) is 74.8 Å². The number of hydrogen-bond donors (Lipinski definition) is 2. The molecule has 3 aromatic rings. The third-order valence-electron chi connectivity index (χ3n) is 3.50. The van der Waals surface area contributed by atoms with E-state index in [9.17, 15) is 9.59 Å². The Balaban J connectivity index is 1.78. The number of anilines is 1. The Hall–Kier alpha value is -3.21. The fourth-order valence-corrected chi connectivity index (χ4v) is 2.45. The fraction of sp³-hybridized carbons (Fsp3) is 0.105. The molecule has 0 saturated heterocycles. The highest BCUT2D eigenvalue weighted by Gasteiger charge is 2.07. The van der Waals surface area contributed by atoms with Crippen molar-refractivity contribution in [2.45, 2.75) is 13.3 Å². The molecule has 1 heterocycles. The van der Waals surface area contributed by atoms with Crippen LogP contribution >= 0.6 is 0 Å². The second-order valence-corrected chi connectivity index (χ2v) is 5.53. The van der Waals surface area contributed by atoms with Gasteiger partial charge in [0.15, 0.2) is 0 Å². The lowest BCUT2D eigenvalue weighted by molar-refractivity contribution is -0.115. The van der Waals surface area contributed by atoms with Gasteiger partial charge >= 0.3 is 0 Å². The smallest absolute Gasteiger partial charge is 0.251 e. The fourth-order valence-electron chi connectivity index (χ4n) is 2.45. The monoisotopic (exact) mass is 319 g/mol. The largest absolute Gasteiger partial charge is 0.326 e. The average molecular weight is 319 g/mol. The maximum Gasteiger partial charge on any atom is 0.251 e. The van der Waals surface area contributed by atoms with Crippen LogP contribution in [-0.2, 0) is 11.2 Å². The maximum atomic E-state index is 12.2. The standard InChI is InChI=1S/C19H17N3O2/c1-13-10-17(23)22-19(20-13)15-8-5-9-16(12-15)21-18(24)11-14-6-3-2-4-7-14/h2-10,12H,11H2,1H3,(H,21,24)(H,20,22,23). The molecule has 5 nitrogen and oxygen atoms in total. The number of amides is 1. The molecule has 120 valence electrons. The van der Waals surface area contributed by atoms with Crippen molar-refractivity contribution in [2.75, 3.05) is 5.32 Å². The number of carbonyl (C=O) groups is 1. The molecule has 0 aliphatic carbocycles. The van der Waals surface area contributed by atoms with E-state index in [1.807, 2.05) is 42.5 Å². The van der Waals surface area contributed by atoms with Crippen molar-refractivity contribution in [2.24, 2.45) is 0 Å². The van der Waals surface area contributed by atoms with Crippen LogP contribution in [0.2, 0.25) is 0 Å².